The molecule has 4 rings (SSSR count). The maximum atomic E-state index is 12.4. The predicted molar refractivity (Wildman–Crippen MR) is 186 cm³/mol. The summed E-state index contributed by atoms with van der Waals surface area (Å²) in [7, 11) is 2.92. The van der Waals surface area contributed by atoms with Crippen molar-refractivity contribution in [1.29, 1.82) is 0 Å². The van der Waals surface area contributed by atoms with E-state index in [9.17, 15) is 35.1 Å². The van der Waals surface area contributed by atoms with Crippen LogP contribution in [0.4, 0.5) is 0 Å². The maximum Gasteiger partial charge on any atom is 0.186 e. The van der Waals surface area contributed by atoms with E-state index in [1.807, 2.05) is 0 Å². The van der Waals surface area contributed by atoms with Crippen molar-refractivity contribution in [3.05, 3.63) is 71.6 Å². The largest absolute Gasteiger partial charge is 0.504 e. The SMILES string of the molecule is COc1cc(C=CC(=O)CC(=O)C=Cc2ccc(OCc3cn(CCOCCOCCOC4OC(CO)C(O)C(O)C4O)nn3)c(OC)c2)ccc1O. The Morgan fingerprint density at radius 1 is 0.830 bits per heavy atom. The molecular weight excluding hydrogens is 698 g/mol. The lowest BCUT2D eigenvalue weighted by Gasteiger charge is -2.39. The highest BCUT2D eigenvalue weighted by atomic mass is 16.7. The highest BCUT2D eigenvalue weighted by Gasteiger charge is 2.43. The van der Waals surface area contributed by atoms with Gasteiger partial charge in [-0.25, -0.2) is 4.68 Å². The lowest BCUT2D eigenvalue weighted by Crippen LogP contribution is -2.59. The number of aromatic hydroxyl groups is 1. The molecule has 17 heteroatoms. The quantitative estimate of drug-likeness (QED) is 0.0541. The Morgan fingerprint density at radius 2 is 1.47 bits per heavy atom. The number of hydrogen-bond acceptors (Lipinski definition) is 16. The molecule has 1 aliphatic rings. The lowest BCUT2D eigenvalue weighted by molar-refractivity contribution is -0.302. The molecule has 53 heavy (non-hydrogen) atoms. The van der Waals surface area contributed by atoms with Gasteiger partial charge in [0.25, 0.3) is 0 Å². The summed E-state index contributed by atoms with van der Waals surface area (Å²) < 4.78 is 39.6. The molecule has 0 bridgehead atoms. The summed E-state index contributed by atoms with van der Waals surface area (Å²) >= 11 is 0. The number of phenolic OH excluding ortho intramolecular Hbond substituents is 1. The molecule has 5 atom stereocenters. The van der Waals surface area contributed by atoms with Crippen molar-refractivity contribution in [1.82, 2.24) is 15.0 Å². The number of carbonyl (C=O) groups is 2. The number of aliphatic hydroxyl groups excluding tert-OH is 4. The van der Waals surface area contributed by atoms with Crippen molar-refractivity contribution in [3.63, 3.8) is 0 Å². The van der Waals surface area contributed by atoms with Crippen LogP contribution in [0.25, 0.3) is 12.2 Å². The van der Waals surface area contributed by atoms with Gasteiger partial charge in [0.15, 0.2) is 40.9 Å². The molecule has 0 saturated carbocycles. The molecule has 2 heterocycles. The molecule has 1 aromatic heterocycles. The van der Waals surface area contributed by atoms with Gasteiger partial charge in [0, 0.05) is 0 Å². The van der Waals surface area contributed by atoms with Crippen LogP contribution in [0.15, 0.2) is 54.7 Å². The molecular formula is C36H45N3O14. The molecule has 1 fully saturated rings. The van der Waals surface area contributed by atoms with Crippen LogP contribution in [0.2, 0.25) is 0 Å². The van der Waals surface area contributed by atoms with Crippen molar-refractivity contribution in [2.45, 2.75) is 50.3 Å². The van der Waals surface area contributed by atoms with Crippen LogP contribution >= 0.6 is 0 Å². The topological polar surface area (TPSA) is 231 Å². The zero-order valence-electron chi connectivity index (χ0n) is 29.4. The van der Waals surface area contributed by atoms with E-state index >= 15 is 0 Å². The number of methoxy groups -OCH3 is 2. The van der Waals surface area contributed by atoms with Crippen LogP contribution in [0.3, 0.4) is 0 Å². The average molecular weight is 744 g/mol. The minimum absolute atomic E-state index is 0.0142. The molecule has 0 amide bonds. The summed E-state index contributed by atoms with van der Waals surface area (Å²) in [4.78, 5) is 24.7. The molecule has 5 unspecified atom stereocenters. The van der Waals surface area contributed by atoms with Gasteiger partial charge in [-0.15, -0.1) is 5.10 Å². The fourth-order valence-corrected chi connectivity index (χ4v) is 4.95. The summed E-state index contributed by atoms with van der Waals surface area (Å²) in [5, 5.41) is 56.7. The van der Waals surface area contributed by atoms with Crippen LogP contribution < -0.4 is 14.2 Å². The Balaban J connectivity index is 1.11. The molecule has 2 aromatic carbocycles. The van der Waals surface area contributed by atoms with Gasteiger partial charge in [0.05, 0.1) is 73.0 Å². The normalized spacial score (nSPS) is 20.2. The molecule has 1 aliphatic heterocycles. The number of aromatic nitrogens is 3. The van der Waals surface area contributed by atoms with Gasteiger partial charge in [0.2, 0.25) is 0 Å². The van der Waals surface area contributed by atoms with E-state index < -0.39 is 37.3 Å². The smallest absolute Gasteiger partial charge is 0.186 e. The van der Waals surface area contributed by atoms with Gasteiger partial charge in [-0.2, -0.15) is 0 Å². The molecule has 288 valence electrons. The highest BCUT2D eigenvalue weighted by Crippen LogP contribution is 2.30. The molecule has 0 aliphatic carbocycles. The van der Waals surface area contributed by atoms with E-state index in [0.717, 1.165) is 0 Å². The second-order valence-corrected chi connectivity index (χ2v) is 11.7. The number of aliphatic hydroxyl groups is 4. The van der Waals surface area contributed by atoms with Crippen LogP contribution in [0, 0.1) is 0 Å². The first-order valence-corrected chi connectivity index (χ1v) is 16.7. The van der Waals surface area contributed by atoms with Crippen LogP contribution in [-0.4, -0.2) is 137 Å². The summed E-state index contributed by atoms with van der Waals surface area (Å²) in [5.41, 5.74) is 1.88. The van der Waals surface area contributed by atoms with Gasteiger partial charge in [0.1, 0.15) is 36.7 Å². The number of nitrogens with zero attached hydrogens (tertiary/aromatic N) is 3. The van der Waals surface area contributed by atoms with Crippen molar-refractivity contribution in [2.24, 2.45) is 0 Å². The minimum Gasteiger partial charge on any atom is -0.504 e. The standard InChI is InChI=1S/C36H45N3O14/c1-47-30-17-23(5-9-28(30)43)3-7-26(41)19-27(42)8-4-24-6-10-29(31(18-24)48-2)52-22-25-20-39(38-37-25)11-12-49-13-14-50-15-16-51-36-35(46)34(45)33(44)32(21-40)53-36/h3-10,17-18,20,32-36,40,43-46H,11-16,19,21-22H2,1-2H3. The number of hydrogen-bond donors (Lipinski definition) is 5. The van der Waals surface area contributed by atoms with Crippen LogP contribution in [0.1, 0.15) is 23.2 Å². The van der Waals surface area contributed by atoms with Crippen molar-refractivity contribution in [2.75, 3.05) is 53.9 Å². The third-order valence-electron chi connectivity index (χ3n) is 7.82. The van der Waals surface area contributed by atoms with Crippen LogP contribution in [0.5, 0.6) is 23.0 Å². The summed E-state index contributed by atoms with van der Waals surface area (Å²) in [6.45, 7) is 1.16. The number of rotatable bonds is 22. The summed E-state index contributed by atoms with van der Waals surface area (Å²) in [5.74, 6) is 0.409. The fraction of sp³-hybridized carbons (Fsp3) is 0.444. The number of ether oxygens (including phenoxy) is 7. The Morgan fingerprint density at radius 3 is 2.15 bits per heavy atom. The number of carbonyl (C=O) groups excluding carboxylic acids is 2. The number of ketones is 2. The first-order valence-electron chi connectivity index (χ1n) is 16.7. The van der Waals surface area contributed by atoms with E-state index in [0.29, 0.717) is 48.1 Å². The third-order valence-corrected chi connectivity index (χ3v) is 7.82. The first kappa shape index (κ1) is 41.0. The van der Waals surface area contributed by atoms with Crippen LogP contribution in [-0.2, 0) is 41.7 Å². The van der Waals surface area contributed by atoms with E-state index in [4.69, 9.17) is 33.2 Å². The molecule has 0 spiro atoms. The Bertz CT molecular complexity index is 1680. The second kappa shape index (κ2) is 21.1. The average Bonchev–Trinajstić information content (AvgIpc) is 3.62. The van der Waals surface area contributed by atoms with E-state index in [2.05, 4.69) is 10.3 Å². The van der Waals surface area contributed by atoms with Gasteiger partial charge in [-0.1, -0.05) is 29.5 Å². The monoisotopic (exact) mass is 743 g/mol. The molecule has 3 aromatic rings. The molecule has 0 radical (unpaired) electrons. The third kappa shape index (κ3) is 12.7. The predicted octanol–water partition coefficient (Wildman–Crippen LogP) is 0.685. The molecule has 5 N–H and O–H groups in total. The van der Waals surface area contributed by atoms with Gasteiger partial charge in [-0.05, 0) is 47.5 Å². The number of allylic oxidation sites excluding steroid dienone is 2. The Labute approximate surface area is 305 Å². The van der Waals surface area contributed by atoms with Gasteiger partial charge >= 0.3 is 0 Å². The minimum atomic E-state index is -1.50. The van der Waals surface area contributed by atoms with Gasteiger partial charge in [-0.3, -0.25) is 9.59 Å². The van der Waals surface area contributed by atoms with E-state index in [-0.39, 0.29) is 55.9 Å². The molecule has 1 saturated heterocycles. The van der Waals surface area contributed by atoms with E-state index in [1.165, 1.54) is 32.4 Å². The van der Waals surface area contributed by atoms with Crippen molar-refractivity contribution in [3.8, 4) is 23.0 Å². The van der Waals surface area contributed by atoms with E-state index in [1.54, 1.807) is 53.4 Å². The second-order valence-electron chi connectivity index (χ2n) is 11.7. The van der Waals surface area contributed by atoms with Gasteiger partial charge < -0.3 is 58.7 Å². The first-order chi connectivity index (χ1) is 25.6. The Kier molecular flexibility index (Phi) is 16.3. The lowest BCUT2D eigenvalue weighted by atomic mass is 9.99. The highest BCUT2D eigenvalue weighted by molar-refractivity contribution is 6.10. The zero-order valence-corrected chi connectivity index (χ0v) is 29.4. The van der Waals surface area contributed by atoms with Crippen molar-refractivity contribution >= 4 is 23.7 Å². The summed E-state index contributed by atoms with van der Waals surface area (Å²) in [6.07, 6.45) is 0.514. The maximum absolute atomic E-state index is 12.4. The number of phenols is 1. The number of benzene rings is 2. The fourth-order valence-electron chi connectivity index (χ4n) is 4.95. The zero-order chi connectivity index (χ0) is 38.2. The Hall–Kier alpha value is -4.72. The molecule has 17 nitrogen and oxygen atoms in total. The van der Waals surface area contributed by atoms with Crippen molar-refractivity contribution < 1.29 is 68.3 Å². The summed E-state index contributed by atoms with van der Waals surface area (Å²) in [6, 6.07) is 9.79.